The second-order valence-corrected chi connectivity index (χ2v) is 3.56. The molecule has 1 fully saturated rings. The van der Waals surface area contributed by atoms with Gasteiger partial charge in [-0.1, -0.05) is 0 Å². The SMILES string of the molecule is CCN1C(=O)CNS1(=O)=O. The third-order valence-electron chi connectivity index (χ3n) is 1.26. The van der Waals surface area contributed by atoms with Crippen molar-refractivity contribution in [3.05, 3.63) is 0 Å². The molecule has 0 aromatic rings. The zero-order chi connectivity index (χ0) is 7.78. The number of carbonyl (C=O) groups excluding carboxylic acids is 1. The minimum absolute atomic E-state index is 0.101. The average Bonchev–Trinajstić information content (AvgIpc) is 2.07. The minimum atomic E-state index is -3.45. The molecular formula is C4H8N2O3S. The summed E-state index contributed by atoms with van der Waals surface area (Å²) >= 11 is 0. The van der Waals surface area contributed by atoms with E-state index in [2.05, 4.69) is 4.72 Å². The fourth-order valence-corrected chi connectivity index (χ4v) is 1.93. The number of amides is 1. The minimum Gasteiger partial charge on any atom is -0.272 e. The van der Waals surface area contributed by atoms with Gasteiger partial charge in [-0.15, -0.1) is 0 Å². The number of rotatable bonds is 1. The van der Waals surface area contributed by atoms with Gasteiger partial charge in [-0.05, 0) is 6.92 Å². The van der Waals surface area contributed by atoms with Crippen LogP contribution in [0.2, 0.25) is 0 Å². The Morgan fingerprint density at radius 1 is 1.70 bits per heavy atom. The van der Waals surface area contributed by atoms with Gasteiger partial charge in [-0.25, -0.2) is 4.31 Å². The molecule has 0 unspecified atom stereocenters. The van der Waals surface area contributed by atoms with Gasteiger partial charge in [0, 0.05) is 6.54 Å². The number of hydrogen-bond acceptors (Lipinski definition) is 3. The van der Waals surface area contributed by atoms with Gasteiger partial charge in [0.15, 0.2) is 0 Å². The van der Waals surface area contributed by atoms with Crippen LogP contribution in [0.3, 0.4) is 0 Å². The van der Waals surface area contributed by atoms with Gasteiger partial charge in [0.2, 0.25) is 0 Å². The van der Waals surface area contributed by atoms with Gasteiger partial charge in [0.25, 0.3) is 5.91 Å². The highest BCUT2D eigenvalue weighted by Crippen LogP contribution is 2.03. The van der Waals surface area contributed by atoms with Crippen molar-refractivity contribution >= 4 is 16.1 Å². The smallest absolute Gasteiger partial charge is 0.272 e. The van der Waals surface area contributed by atoms with Gasteiger partial charge >= 0.3 is 10.2 Å². The van der Waals surface area contributed by atoms with Crippen LogP contribution in [0, 0.1) is 0 Å². The van der Waals surface area contributed by atoms with Crippen molar-refractivity contribution in [3.8, 4) is 0 Å². The molecule has 1 aliphatic rings. The Hall–Kier alpha value is -0.620. The Kier molecular flexibility index (Phi) is 1.65. The van der Waals surface area contributed by atoms with E-state index in [1.165, 1.54) is 0 Å². The number of carbonyl (C=O) groups is 1. The van der Waals surface area contributed by atoms with E-state index in [1.54, 1.807) is 6.92 Å². The van der Waals surface area contributed by atoms with Crippen LogP contribution in [0.5, 0.6) is 0 Å². The lowest BCUT2D eigenvalue weighted by Gasteiger charge is -2.08. The summed E-state index contributed by atoms with van der Waals surface area (Å²) in [6.07, 6.45) is 0. The summed E-state index contributed by atoms with van der Waals surface area (Å²) in [5, 5.41) is 0. The Morgan fingerprint density at radius 2 is 2.30 bits per heavy atom. The highest BCUT2D eigenvalue weighted by Gasteiger charge is 2.32. The quantitative estimate of drug-likeness (QED) is 0.523. The fourth-order valence-electron chi connectivity index (χ4n) is 0.799. The van der Waals surface area contributed by atoms with Crippen molar-refractivity contribution in [2.45, 2.75) is 6.92 Å². The van der Waals surface area contributed by atoms with Gasteiger partial charge < -0.3 is 0 Å². The first kappa shape index (κ1) is 7.49. The van der Waals surface area contributed by atoms with E-state index in [4.69, 9.17) is 0 Å². The molecule has 0 spiro atoms. The van der Waals surface area contributed by atoms with Crippen molar-refractivity contribution in [1.82, 2.24) is 9.03 Å². The maximum Gasteiger partial charge on any atom is 0.304 e. The van der Waals surface area contributed by atoms with Crippen molar-refractivity contribution in [2.24, 2.45) is 0 Å². The first-order chi connectivity index (χ1) is 4.58. The first-order valence-corrected chi connectivity index (χ1v) is 4.32. The van der Waals surface area contributed by atoms with E-state index in [0.29, 0.717) is 0 Å². The second-order valence-electron chi connectivity index (χ2n) is 1.88. The Balaban J connectivity index is 2.95. The largest absolute Gasteiger partial charge is 0.304 e. The summed E-state index contributed by atoms with van der Waals surface area (Å²) in [4.78, 5) is 10.7. The predicted octanol–water partition coefficient (Wildman–Crippen LogP) is -1.32. The lowest BCUT2D eigenvalue weighted by Crippen LogP contribution is -2.31. The molecule has 6 heteroatoms. The van der Waals surface area contributed by atoms with Crippen LogP contribution in [0.1, 0.15) is 6.92 Å². The maximum absolute atomic E-state index is 10.8. The predicted molar refractivity (Wildman–Crippen MR) is 34.3 cm³/mol. The molecule has 0 radical (unpaired) electrons. The molecule has 1 amide bonds. The zero-order valence-electron chi connectivity index (χ0n) is 5.49. The average molecular weight is 164 g/mol. The fraction of sp³-hybridized carbons (Fsp3) is 0.750. The van der Waals surface area contributed by atoms with Crippen molar-refractivity contribution in [2.75, 3.05) is 13.1 Å². The lowest BCUT2D eigenvalue weighted by atomic mass is 10.6. The molecule has 1 saturated heterocycles. The van der Waals surface area contributed by atoms with Gasteiger partial charge in [-0.2, -0.15) is 13.1 Å². The molecule has 0 aliphatic carbocycles. The van der Waals surface area contributed by atoms with E-state index in [9.17, 15) is 13.2 Å². The van der Waals surface area contributed by atoms with Crippen molar-refractivity contribution in [3.63, 3.8) is 0 Å². The molecule has 1 rings (SSSR count). The molecule has 1 N–H and O–H groups in total. The Bertz CT molecular complexity index is 245. The molecule has 0 aromatic heterocycles. The van der Waals surface area contributed by atoms with Crippen LogP contribution < -0.4 is 4.72 Å². The summed E-state index contributed by atoms with van der Waals surface area (Å²) in [7, 11) is -3.45. The van der Waals surface area contributed by atoms with E-state index < -0.39 is 10.2 Å². The normalized spacial score (nSPS) is 23.7. The van der Waals surface area contributed by atoms with Crippen LogP contribution >= 0.6 is 0 Å². The molecule has 10 heavy (non-hydrogen) atoms. The Morgan fingerprint density at radius 3 is 2.50 bits per heavy atom. The summed E-state index contributed by atoms with van der Waals surface area (Å²) in [5.74, 6) is -0.387. The number of nitrogens with one attached hydrogen (secondary N) is 1. The van der Waals surface area contributed by atoms with E-state index in [0.717, 1.165) is 4.31 Å². The molecule has 0 bridgehead atoms. The van der Waals surface area contributed by atoms with Crippen LogP contribution in [0.15, 0.2) is 0 Å². The highest BCUT2D eigenvalue weighted by molar-refractivity contribution is 7.88. The lowest BCUT2D eigenvalue weighted by molar-refractivity contribution is -0.123. The molecule has 5 nitrogen and oxygen atoms in total. The summed E-state index contributed by atoms with van der Waals surface area (Å²) in [6, 6.07) is 0. The molecule has 0 saturated carbocycles. The molecule has 0 aromatic carbocycles. The second kappa shape index (κ2) is 2.21. The molecule has 1 aliphatic heterocycles. The summed E-state index contributed by atoms with van der Waals surface area (Å²) in [6.45, 7) is 1.72. The van der Waals surface area contributed by atoms with Crippen molar-refractivity contribution < 1.29 is 13.2 Å². The first-order valence-electron chi connectivity index (χ1n) is 2.88. The molecule has 1 heterocycles. The molecular weight excluding hydrogens is 156 g/mol. The number of hydrogen-bond donors (Lipinski definition) is 1. The topological polar surface area (TPSA) is 66.5 Å². The molecule has 58 valence electrons. The van der Waals surface area contributed by atoms with Crippen LogP contribution in [0.25, 0.3) is 0 Å². The molecule has 0 atom stereocenters. The highest BCUT2D eigenvalue weighted by atomic mass is 32.2. The Labute approximate surface area is 59.2 Å². The van der Waals surface area contributed by atoms with Crippen LogP contribution in [-0.4, -0.2) is 31.7 Å². The van der Waals surface area contributed by atoms with E-state index >= 15 is 0 Å². The standard InChI is InChI=1S/C4H8N2O3S/c1-2-6-4(7)3-5-10(6,8)9/h5H,2-3H2,1H3. The van der Waals surface area contributed by atoms with Gasteiger partial charge in [0.1, 0.15) is 0 Å². The number of likely N-dealkylation sites (N-methyl/N-ethyl adjacent to an activating group) is 1. The van der Waals surface area contributed by atoms with Crippen LogP contribution in [-0.2, 0) is 15.0 Å². The third-order valence-corrected chi connectivity index (χ3v) is 2.81. The van der Waals surface area contributed by atoms with E-state index in [-0.39, 0.29) is 19.0 Å². The van der Waals surface area contributed by atoms with Gasteiger partial charge in [-0.3, -0.25) is 4.79 Å². The summed E-state index contributed by atoms with van der Waals surface area (Å²) < 4.78 is 24.5. The third kappa shape index (κ3) is 0.994. The summed E-state index contributed by atoms with van der Waals surface area (Å²) in [5.41, 5.74) is 0. The van der Waals surface area contributed by atoms with Crippen molar-refractivity contribution in [1.29, 1.82) is 0 Å². The monoisotopic (exact) mass is 164 g/mol. The van der Waals surface area contributed by atoms with E-state index in [1.807, 2.05) is 0 Å². The van der Waals surface area contributed by atoms with Gasteiger partial charge in [0.05, 0.1) is 6.54 Å². The number of nitrogens with zero attached hydrogens (tertiary/aromatic N) is 1. The zero-order valence-corrected chi connectivity index (χ0v) is 6.31. The van der Waals surface area contributed by atoms with Crippen LogP contribution in [0.4, 0.5) is 0 Å². The maximum atomic E-state index is 10.8.